The van der Waals surface area contributed by atoms with Crippen molar-refractivity contribution in [1.82, 2.24) is 0 Å². The molecule has 0 amide bonds. The van der Waals surface area contributed by atoms with Crippen LogP contribution in [-0.4, -0.2) is 0 Å². The molecular formula is C13H17N. The van der Waals surface area contributed by atoms with Crippen molar-refractivity contribution in [2.45, 2.75) is 32.2 Å². The van der Waals surface area contributed by atoms with Crippen molar-refractivity contribution in [3.63, 3.8) is 0 Å². The maximum absolute atomic E-state index is 6.03. The minimum atomic E-state index is 0.000833. The molecule has 0 fully saturated rings. The minimum Gasteiger partial charge on any atom is -0.321 e. The number of rotatable bonds is 2. The van der Waals surface area contributed by atoms with Crippen LogP contribution in [0, 0.1) is 0 Å². The quantitative estimate of drug-likeness (QED) is 0.708. The summed E-state index contributed by atoms with van der Waals surface area (Å²) in [5.74, 6) is 0. The molecule has 1 unspecified atom stereocenters. The van der Waals surface area contributed by atoms with E-state index in [1.165, 1.54) is 36.0 Å². The normalized spacial score (nSPS) is 16.4. The lowest BCUT2D eigenvalue weighted by Crippen LogP contribution is -2.11. The molecule has 1 aromatic carbocycles. The highest BCUT2D eigenvalue weighted by Crippen LogP contribution is 2.26. The van der Waals surface area contributed by atoms with Gasteiger partial charge in [0.2, 0.25) is 0 Å². The van der Waals surface area contributed by atoms with E-state index >= 15 is 0 Å². The molecule has 1 nitrogen and oxygen atoms in total. The van der Waals surface area contributed by atoms with Gasteiger partial charge >= 0.3 is 0 Å². The molecule has 2 rings (SSSR count). The van der Waals surface area contributed by atoms with Gasteiger partial charge in [-0.15, -0.1) is 0 Å². The van der Waals surface area contributed by atoms with Crippen LogP contribution in [0.3, 0.4) is 0 Å². The topological polar surface area (TPSA) is 26.0 Å². The van der Waals surface area contributed by atoms with E-state index in [-0.39, 0.29) is 6.04 Å². The van der Waals surface area contributed by atoms with E-state index < -0.39 is 0 Å². The highest BCUT2D eigenvalue weighted by molar-refractivity contribution is 5.38. The summed E-state index contributed by atoms with van der Waals surface area (Å²) < 4.78 is 0. The van der Waals surface area contributed by atoms with E-state index in [1.807, 2.05) is 6.92 Å². The molecule has 1 atom stereocenters. The van der Waals surface area contributed by atoms with Crippen molar-refractivity contribution in [2.75, 3.05) is 0 Å². The molecule has 1 aliphatic carbocycles. The van der Waals surface area contributed by atoms with Gasteiger partial charge in [-0.05, 0) is 42.9 Å². The summed E-state index contributed by atoms with van der Waals surface area (Å²) in [6.07, 6.45) is 3.74. The smallest absolute Gasteiger partial charge is 0.0505 e. The largest absolute Gasteiger partial charge is 0.321 e. The maximum Gasteiger partial charge on any atom is 0.0505 e. The van der Waals surface area contributed by atoms with E-state index in [2.05, 4.69) is 24.8 Å². The lowest BCUT2D eigenvalue weighted by atomic mass is 9.98. The monoisotopic (exact) mass is 187 g/mol. The summed E-state index contributed by atoms with van der Waals surface area (Å²) in [5, 5.41) is 0. The Balaban J connectivity index is 2.33. The second-order valence-corrected chi connectivity index (χ2v) is 4.21. The molecule has 0 aliphatic heterocycles. The van der Waals surface area contributed by atoms with Gasteiger partial charge in [-0.1, -0.05) is 30.4 Å². The SMILES string of the molecule is C=C(C)C(N)c1ccc2c(c1)CCC2. The van der Waals surface area contributed by atoms with Gasteiger partial charge in [0.15, 0.2) is 0 Å². The summed E-state index contributed by atoms with van der Waals surface area (Å²) >= 11 is 0. The Hall–Kier alpha value is -1.08. The molecule has 74 valence electrons. The first-order valence-electron chi connectivity index (χ1n) is 5.21. The van der Waals surface area contributed by atoms with E-state index in [0.29, 0.717) is 0 Å². The Labute approximate surface area is 85.6 Å². The first-order chi connectivity index (χ1) is 6.68. The first kappa shape index (κ1) is 9.47. The van der Waals surface area contributed by atoms with E-state index in [0.717, 1.165) is 5.57 Å². The Morgan fingerprint density at radius 3 is 2.79 bits per heavy atom. The number of hydrogen-bond acceptors (Lipinski definition) is 1. The third-order valence-electron chi connectivity index (χ3n) is 3.01. The van der Waals surface area contributed by atoms with Crippen molar-refractivity contribution in [3.05, 3.63) is 47.0 Å². The van der Waals surface area contributed by atoms with Gasteiger partial charge in [0.25, 0.3) is 0 Å². The van der Waals surface area contributed by atoms with Crippen molar-refractivity contribution < 1.29 is 0 Å². The lowest BCUT2D eigenvalue weighted by molar-refractivity contribution is 0.847. The van der Waals surface area contributed by atoms with Crippen molar-refractivity contribution in [3.8, 4) is 0 Å². The molecule has 0 spiro atoms. The fourth-order valence-corrected chi connectivity index (χ4v) is 2.07. The molecule has 0 radical (unpaired) electrons. The first-order valence-corrected chi connectivity index (χ1v) is 5.21. The Morgan fingerprint density at radius 1 is 1.36 bits per heavy atom. The van der Waals surface area contributed by atoms with Crippen LogP contribution in [0.25, 0.3) is 0 Å². The Bertz CT molecular complexity index is 365. The van der Waals surface area contributed by atoms with E-state index in [9.17, 15) is 0 Å². The fourth-order valence-electron chi connectivity index (χ4n) is 2.07. The third-order valence-corrected chi connectivity index (χ3v) is 3.01. The predicted octanol–water partition coefficient (Wildman–Crippen LogP) is 2.75. The Kier molecular flexibility index (Phi) is 2.42. The van der Waals surface area contributed by atoms with Crippen LogP contribution >= 0.6 is 0 Å². The van der Waals surface area contributed by atoms with Crippen molar-refractivity contribution in [1.29, 1.82) is 0 Å². The summed E-state index contributed by atoms with van der Waals surface area (Å²) in [5.41, 5.74) is 11.3. The highest BCUT2D eigenvalue weighted by atomic mass is 14.6. The minimum absolute atomic E-state index is 0.000833. The lowest BCUT2D eigenvalue weighted by Gasteiger charge is -2.13. The van der Waals surface area contributed by atoms with Gasteiger partial charge in [0.1, 0.15) is 0 Å². The van der Waals surface area contributed by atoms with Gasteiger partial charge in [-0.2, -0.15) is 0 Å². The summed E-state index contributed by atoms with van der Waals surface area (Å²) in [7, 11) is 0. The molecular weight excluding hydrogens is 170 g/mol. The number of benzene rings is 1. The van der Waals surface area contributed by atoms with Gasteiger partial charge in [-0.3, -0.25) is 0 Å². The predicted molar refractivity (Wildman–Crippen MR) is 60.2 cm³/mol. The summed E-state index contributed by atoms with van der Waals surface area (Å²) in [6, 6.07) is 6.62. The molecule has 0 saturated heterocycles. The molecule has 0 saturated carbocycles. The Morgan fingerprint density at radius 2 is 2.07 bits per heavy atom. The molecule has 0 bridgehead atoms. The van der Waals surface area contributed by atoms with Gasteiger partial charge < -0.3 is 5.73 Å². The standard InChI is InChI=1S/C13H17N/c1-9(2)13(14)12-7-6-10-4-3-5-11(10)8-12/h6-8,13H,1,3-5,14H2,2H3. The average Bonchev–Trinajstić information content (AvgIpc) is 2.62. The molecule has 1 aliphatic rings. The van der Waals surface area contributed by atoms with Crippen LogP contribution in [0.4, 0.5) is 0 Å². The summed E-state index contributed by atoms with van der Waals surface area (Å²) in [4.78, 5) is 0. The number of aryl methyl sites for hydroxylation is 2. The average molecular weight is 187 g/mol. The highest BCUT2D eigenvalue weighted by Gasteiger charge is 2.13. The van der Waals surface area contributed by atoms with Crippen LogP contribution in [0.5, 0.6) is 0 Å². The zero-order chi connectivity index (χ0) is 10.1. The molecule has 0 heterocycles. The van der Waals surface area contributed by atoms with Crippen LogP contribution in [-0.2, 0) is 12.8 Å². The molecule has 1 heteroatoms. The zero-order valence-corrected chi connectivity index (χ0v) is 8.72. The number of nitrogens with two attached hydrogens (primary N) is 1. The third kappa shape index (κ3) is 1.60. The number of fused-ring (bicyclic) bond motifs is 1. The zero-order valence-electron chi connectivity index (χ0n) is 8.72. The van der Waals surface area contributed by atoms with Crippen molar-refractivity contribution in [2.24, 2.45) is 5.73 Å². The van der Waals surface area contributed by atoms with Crippen LogP contribution in [0.15, 0.2) is 30.4 Å². The van der Waals surface area contributed by atoms with E-state index in [4.69, 9.17) is 5.73 Å². The van der Waals surface area contributed by atoms with E-state index in [1.54, 1.807) is 0 Å². The molecule has 14 heavy (non-hydrogen) atoms. The van der Waals surface area contributed by atoms with Crippen molar-refractivity contribution >= 4 is 0 Å². The second kappa shape index (κ2) is 3.58. The maximum atomic E-state index is 6.03. The molecule has 1 aromatic rings. The molecule has 2 N–H and O–H groups in total. The fraction of sp³-hybridized carbons (Fsp3) is 0.385. The molecule has 0 aromatic heterocycles. The van der Waals surface area contributed by atoms with Gasteiger partial charge in [-0.25, -0.2) is 0 Å². The van der Waals surface area contributed by atoms with Crippen LogP contribution < -0.4 is 5.73 Å². The van der Waals surface area contributed by atoms with Gasteiger partial charge in [0, 0.05) is 0 Å². The summed E-state index contributed by atoms with van der Waals surface area (Å²) in [6.45, 7) is 5.88. The van der Waals surface area contributed by atoms with Crippen LogP contribution in [0.1, 0.15) is 36.1 Å². The van der Waals surface area contributed by atoms with Crippen LogP contribution in [0.2, 0.25) is 0 Å². The van der Waals surface area contributed by atoms with Gasteiger partial charge in [0.05, 0.1) is 6.04 Å². The number of hydrogen-bond donors (Lipinski definition) is 1. The second-order valence-electron chi connectivity index (χ2n) is 4.21.